The van der Waals surface area contributed by atoms with E-state index in [1.54, 1.807) is 6.08 Å². The molecule has 0 atom stereocenters. The number of furan rings is 1. The van der Waals surface area contributed by atoms with Gasteiger partial charge in [0.25, 0.3) is 5.91 Å². The highest BCUT2D eigenvalue weighted by Crippen LogP contribution is 2.34. The largest absolute Gasteiger partial charge is 0.488 e. The Morgan fingerprint density at radius 1 is 1.03 bits per heavy atom. The van der Waals surface area contributed by atoms with E-state index in [2.05, 4.69) is 10.1 Å². The number of carbonyl (C=O) groups is 3. The predicted octanol–water partition coefficient (Wildman–Crippen LogP) is 4.62. The molecule has 0 aliphatic carbocycles. The predicted molar refractivity (Wildman–Crippen MR) is 138 cm³/mol. The van der Waals surface area contributed by atoms with Crippen LogP contribution in [-0.2, 0) is 22.7 Å². The van der Waals surface area contributed by atoms with E-state index in [0.717, 1.165) is 21.2 Å². The Labute approximate surface area is 222 Å². The molecule has 0 saturated carbocycles. The Morgan fingerprint density at radius 3 is 2.74 bits per heavy atom. The second kappa shape index (κ2) is 9.90. The number of rotatable bonds is 7. The molecule has 3 aromatic carbocycles. The average molecular weight is 527 g/mol. The standard InChI is InChI=1S/C29H22N2O8/c1-35-28(33)25-11-8-19(39-25)14-31-27(32)22(30-29(31)34)13-21-20-5-3-2-4-18(20)7-10-23(21)36-15-17-6-9-24-26(12-17)38-16-37-24/h2-13H,14-16H2,1H3,(H,30,34)/b22-13-. The van der Waals surface area contributed by atoms with Gasteiger partial charge in [-0.25, -0.2) is 9.59 Å². The lowest BCUT2D eigenvalue weighted by molar-refractivity contribution is -0.123. The fourth-order valence-corrected chi connectivity index (χ4v) is 4.43. The van der Waals surface area contributed by atoms with Gasteiger partial charge < -0.3 is 28.7 Å². The minimum absolute atomic E-state index is 0.0182. The molecule has 4 aromatic rings. The van der Waals surface area contributed by atoms with Crippen LogP contribution in [0.15, 0.2) is 76.8 Å². The third-order valence-corrected chi connectivity index (χ3v) is 6.38. The van der Waals surface area contributed by atoms with Crippen LogP contribution >= 0.6 is 0 Å². The van der Waals surface area contributed by atoms with Crippen molar-refractivity contribution in [2.45, 2.75) is 13.2 Å². The second-order valence-corrected chi connectivity index (χ2v) is 8.81. The zero-order chi connectivity index (χ0) is 26.9. The molecule has 1 saturated heterocycles. The summed E-state index contributed by atoms with van der Waals surface area (Å²) in [5, 5.41) is 4.43. The highest BCUT2D eigenvalue weighted by molar-refractivity contribution is 6.14. The SMILES string of the molecule is COC(=O)c1ccc(CN2C(=O)N/C(=C\c3c(OCc4ccc5c(c4)OCO5)ccc4ccccc34)C2=O)o1. The second-order valence-electron chi connectivity index (χ2n) is 8.81. The molecular formula is C29H22N2O8. The van der Waals surface area contributed by atoms with E-state index >= 15 is 0 Å². The Balaban J connectivity index is 1.28. The van der Waals surface area contributed by atoms with Crippen LogP contribution in [-0.4, -0.2) is 36.7 Å². The van der Waals surface area contributed by atoms with Crippen LogP contribution in [0.5, 0.6) is 17.2 Å². The topological polar surface area (TPSA) is 117 Å². The number of ether oxygens (including phenoxy) is 4. The molecule has 1 N–H and O–H groups in total. The lowest BCUT2D eigenvalue weighted by Gasteiger charge is -2.13. The van der Waals surface area contributed by atoms with Crippen molar-refractivity contribution in [3.8, 4) is 17.2 Å². The van der Waals surface area contributed by atoms with Gasteiger partial charge >= 0.3 is 12.0 Å². The van der Waals surface area contributed by atoms with Gasteiger partial charge in [0.1, 0.15) is 23.8 Å². The number of methoxy groups -OCH3 is 1. The number of nitrogens with zero attached hydrogens (tertiary/aromatic N) is 1. The summed E-state index contributed by atoms with van der Waals surface area (Å²) in [7, 11) is 1.24. The molecule has 10 heteroatoms. The van der Waals surface area contributed by atoms with Crippen LogP contribution < -0.4 is 19.5 Å². The van der Waals surface area contributed by atoms with Crippen molar-refractivity contribution in [1.29, 1.82) is 0 Å². The Bertz CT molecular complexity index is 1650. The Hall–Kier alpha value is -5.25. The summed E-state index contributed by atoms with van der Waals surface area (Å²) in [5.41, 5.74) is 1.61. The minimum atomic E-state index is -0.650. The fraction of sp³-hybridized carbons (Fsp3) is 0.138. The first-order chi connectivity index (χ1) is 19.0. The highest BCUT2D eigenvalue weighted by Gasteiger charge is 2.34. The molecule has 2 aliphatic heterocycles. The van der Waals surface area contributed by atoms with Gasteiger partial charge in [0.15, 0.2) is 11.5 Å². The van der Waals surface area contributed by atoms with E-state index in [1.807, 2.05) is 54.6 Å². The van der Waals surface area contributed by atoms with Crippen molar-refractivity contribution in [1.82, 2.24) is 10.2 Å². The number of urea groups is 1. The van der Waals surface area contributed by atoms with Gasteiger partial charge in [0.2, 0.25) is 12.6 Å². The summed E-state index contributed by atoms with van der Waals surface area (Å²) in [6.07, 6.45) is 1.61. The first-order valence-corrected chi connectivity index (χ1v) is 12.0. The van der Waals surface area contributed by atoms with Crippen molar-refractivity contribution < 1.29 is 37.7 Å². The average Bonchev–Trinajstić information content (AvgIpc) is 3.68. The van der Waals surface area contributed by atoms with E-state index < -0.39 is 17.9 Å². The molecule has 39 heavy (non-hydrogen) atoms. The number of esters is 1. The quantitative estimate of drug-likeness (QED) is 0.211. The van der Waals surface area contributed by atoms with Crippen molar-refractivity contribution in [3.63, 3.8) is 0 Å². The molecule has 10 nitrogen and oxygen atoms in total. The lowest BCUT2D eigenvalue weighted by atomic mass is 10.0. The van der Waals surface area contributed by atoms with Crippen LogP contribution in [0, 0.1) is 0 Å². The van der Waals surface area contributed by atoms with Crippen LogP contribution in [0.4, 0.5) is 4.79 Å². The van der Waals surface area contributed by atoms with Gasteiger partial charge in [-0.1, -0.05) is 36.4 Å². The maximum Gasteiger partial charge on any atom is 0.373 e. The van der Waals surface area contributed by atoms with Crippen molar-refractivity contribution in [3.05, 3.63) is 95.1 Å². The normalized spacial score (nSPS) is 15.2. The van der Waals surface area contributed by atoms with Crippen molar-refractivity contribution in [2.75, 3.05) is 13.9 Å². The van der Waals surface area contributed by atoms with E-state index in [9.17, 15) is 14.4 Å². The monoisotopic (exact) mass is 526 g/mol. The van der Waals surface area contributed by atoms with Crippen LogP contribution in [0.2, 0.25) is 0 Å². The fourth-order valence-electron chi connectivity index (χ4n) is 4.43. The summed E-state index contributed by atoms with van der Waals surface area (Å²) < 4.78 is 27.1. The maximum atomic E-state index is 13.2. The smallest absolute Gasteiger partial charge is 0.373 e. The van der Waals surface area contributed by atoms with Gasteiger partial charge in [-0.15, -0.1) is 0 Å². The molecule has 0 radical (unpaired) electrons. The molecular weight excluding hydrogens is 504 g/mol. The summed E-state index contributed by atoms with van der Waals surface area (Å²) in [6.45, 7) is 0.284. The molecule has 3 amide bonds. The van der Waals surface area contributed by atoms with Crippen LogP contribution in [0.25, 0.3) is 16.8 Å². The minimum Gasteiger partial charge on any atom is -0.488 e. The summed E-state index contributed by atoms with van der Waals surface area (Å²) in [6, 6.07) is 19.4. The number of benzene rings is 3. The lowest BCUT2D eigenvalue weighted by Crippen LogP contribution is -2.30. The Morgan fingerprint density at radius 2 is 1.87 bits per heavy atom. The summed E-state index contributed by atoms with van der Waals surface area (Å²) in [5.74, 6) is 0.938. The molecule has 6 rings (SSSR count). The van der Waals surface area contributed by atoms with Gasteiger partial charge in [-0.3, -0.25) is 9.69 Å². The first kappa shape index (κ1) is 24.1. The van der Waals surface area contributed by atoms with Gasteiger partial charge in [0.05, 0.1) is 13.7 Å². The number of hydrogen-bond donors (Lipinski definition) is 1. The summed E-state index contributed by atoms with van der Waals surface area (Å²) >= 11 is 0. The highest BCUT2D eigenvalue weighted by atomic mass is 16.7. The number of nitrogens with one attached hydrogen (secondary N) is 1. The maximum absolute atomic E-state index is 13.2. The molecule has 0 bridgehead atoms. The number of amides is 3. The zero-order valence-corrected chi connectivity index (χ0v) is 20.8. The van der Waals surface area contributed by atoms with Gasteiger partial charge in [0, 0.05) is 5.56 Å². The van der Waals surface area contributed by atoms with Crippen molar-refractivity contribution >= 4 is 34.8 Å². The third kappa shape index (κ3) is 4.63. The van der Waals surface area contributed by atoms with Crippen LogP contribution in [0.1, 0.15) is 27.4 Å². The number of hydrogen-bond acceptors (Lipinski definition) is 8. The van der Waals surface area contributed by atoms with Gasteiger partial charge in [-0.2, -0.15) is 0 Å². The summed E-state index contributed by atoms with van der Waals surface area (Å²) in [4.78, 5) is 38.6. The number of carbonyl (C=O) groups excluding carboxylic acids is 3. The molecule has 2 aliphatic rings. The van der Waals surface area contributed by atoms with E-state index in [4.69, 9.17) is 18.6 Å². The third-order valence-electron chi connectivity index (χ3n) is 6.38. The molecule has 1 aromatic heterocycles. The van der Waals surface area contributed by atoms with Crippen molar-refractivity contribution in [2.24, 2.45) is 0 Å². The van der Waals surface area contributed by atoms with Gasteiger partial charge in [-0.05, 0) is 52.7 Å². The van der Waals surface area contributed by atoms with E-state index in [0.29, 0.717) is 22.8 Å². The molecule has 196 valence electrons. The molecule has 1 fully saturated rings. The Kier molecular flexibility index (Phi) is 6.12. The van der Waals surface area contributed by atoms with Crippen LogP contribution in [0.3, 0.4) is 0 Å². The first-order valence-electron chi connectivity index (χ1n) is 12.0. The van der Waals surface area contributed by atoms with E-state index in [1.165, 1.54) is 19.2 Å². The number of fused-ring (bicyclic) bond motifs is 2. The van der Waals surface area contributed by atoms with E-state index in [-0.39, 0.29) is 37.2 Å². The molecule has 3 heterocycles. The molecule has 0 unspecified atom stereocenters. The molecule has 0 spiro atoms. The zero-order valence-electron chi connectivity index (χ0n) is 20.8. The number of imide groups is 1.